The predicted molar refractivity (Wildman–Crippen MR) is 87.2 cm³/mol. The van der Waals surface area contributed by atoms with E-state index in [-0.39, 0.29) is 23.8 Å². The Morgan fingerprint density at radius 3 is 2.70 bits per heavy atom. The fourth-order valence-corrected chi connectivity index (χ4v) is 3.08. The topological polar surface area (TPSA) is 88.3 Å². The average Bonchev–Trinajstić information content (AvgIpc) is 3.10. The van der Waals surface area contributed by atoms with Gasteiger partial charge in [-0.1, -0.05) is 18.2 Å². The summed E-state index contributed by atoms with van der Waals surface area (Å²) >= 11 is 0. The Bertz CT molecular complexity index is 865. The normalized spacial score (nSPS) is 20.5. The van der Waals surface area contributed by atoms with Gasteiger partial charge < -0.3 is 10.0 Å². The second kappa shape index (κ2) is 7.01. The molecule has 7 nitrogen and oxygen atoms in total. The third-order valence-corrected chi connectivity index (χ3v) is 4.56. The van der Waals surface area contributed by atoms with Crippen LogP contribution in [0.3, 0.4) is 0 Å². The molecule has 3 rings (SSSR count). The Kier molecular flexibility index (Phi) is 4.90. The van der Waals surface area contributed by atoms with E-state index in [9.17, 15) is 27.9 Å². The molecule has 10 heteroatoms. The van der Waals surface area contributed by atoms with E-state index in [0.29, 0.717) is 12.8 Å². The lowest BCUT2D eigenvalue weighted by Gasteiger charge is -2.35. The van der Waals surface area contributed by atoms with E-state index in [4.69, 9.17) is 0 Å². The molecule has 144 valence electrons. The van der Waals surface area contributed by atoms with Crippen LogP contribution in [0.2, 0.25) is 0 Å². The molecule has 1 N–H and O–H groups in total. The fourth-order valence-electron chi connectivity index (χ4n) is 3.08. The Morgan fingerprint density at radius 2 is 2.04 bits per heavy atom. The van der Waals surface area contributed by atoms with Gasteiger partial charge in [0, 0.05) is 6.54 Å². The first kappa shape index (κ1) is 18.9. The summed E-state index contributed by atoms with van der Waals surface area (Å²) in [6.45, 7) is 2.19. The van der Waals surface area contributed by atoms with Crippen LogP contribution in [0.5, 0.6) is 0 Å². The maximum absolute atomic E-state index is 12.8. The number of nitrogens with zero attached hydrogens (tertiary/aromatic N) is 4. The van der Waals surface area contributed by atoms with Gasteiger partial charge in [-0.15, -0.1) is 5.10 Å². The number of piperidine rings is 1. The first-order valence-electron chi connectivity index (χ1n) is 8.30. The summed E-state index contributed by atoms with van der Waals surface area (Å²) in [6, 6.07) is 3.50. The van der Waals surface area contributed by atoms with Gasteiger partial charge in [0.05, 0.1) is 17.4 Å². The fraction of sp³-hybridized carbons (Fsp3) is 0.412. The van der Waals surface area contributed by atoms with Crippen molar-refractivity contribution in [2.24, 2.45) is 5.92 Å². The standard InChI is InChI=1S/C17H17F3N4O3/c1-10-5-6-23(14(7-10)16(26)27)15(25)13-9-24(22-21-13)12-4-2-3-11(8-12)17(18,19)20/h2-4,8-10,14H,5-7H2,1H3,(H,26,27). The van der Waals surface area contributed by atoms with E-state index >= 15 is 0 Å². The van der Waals surface area contributed by atoms with Crippen LogP contribution in [0, 0.1) is 5.92 Å². The van der Waals surface area contributed by atoms with Crippen molar-refractivity contribution in [3.05, 3.63) is 41.7 Å². The molecule has 2 atom stereocenters. The number of aromatic nitrogens is 3. The molecule has 1 aliphatic rings. The molecular weight excluding hydrogens is 365 g/mol. The maximum atomic E-state index is 12.8. The molecule has 1 aromatic carbocycles. The highest BCUT2D eigenvalue weighted by Crippen LogP contribution is 2.30. The summed E-state index contributed by atoms with van der Waals surface area (Å²) in [5.41, 5.74) is -0.869. The number of aliphatic carboxylic acids is 1. The molecule has 2 aromatic rings. The van der Waals surface area contributed by atoms with Gasteiger partial charge in [0.2, 0.25) is 0 Å². The molecule has 1 fully saturated rings. The summed E-state index contributed by atoms with van der Waals surface area (Å²) in [7, 11) is 0. The van der Waals surface area contributed by atoms with Gasteiger partial charge >= 0.3 is 12.1 Å². The summed E-state index contributed by atoms with van der Waals surface area (Å²) in [5.74, 6) is -1.52. The van der Waals surface area contributed by atoms with E-state index in [1.54, 1.807) is 0 Å². The molecule has 0 spiro atoms. The van der Waals surface area contributed by atoms with Crippen molar-refractivity contribution in [3.63, 3.8) is 0 Å². The van der Waals surface area contributed by atoms with Crippen molar-refractivity contribution in [1.82, 2.24) is 19.9 Å². The van der Waals surface area contributed by atoms with Gasteiger partial charge in [0.25, 0.3) is 5.91 Å². The van der Waals surface area contributed by atoms with Crippen molar-refractivity contribution in [2.75, 3.05) is 6.54 Å². The quantitative estimate of drug-likeness (QED) is 0.882. The molecule has 1 aromatic heterocycles. The molecular formula is C17H17F3N4O3. The summed E-state index contributed by atoms with van der Waals surface area (Å²) in [5, 5.41) is 16.8. The zero-order valence-electron chi connectivity index (χ0n) is 14.3. The minimum Gasteiger partial charge on any atom is -0.480 e. The Balaban J connectivity index is 1.85. The lowest BCUT2D eigenvalue weighted by molar-refractivity contribution is -0.144. The third-order valence-electron chi connectivity index (χ3n) is 4.56. The molecule has 27 heavy (non-hydrogen) atoms. The Hall–Kier alpha value is -2.91. The number of carboxylic acids is 1. The number of carbonyl (C=O) groups is 2. The lowest BCUT2D eigenvalue weighted by Crippen LogP contribution is -2.49. The van der Waals surface area contributed by atoms with E-state index in [1.807, 2.05) is 6.92 Å². The monoisotopic (exact) mass is 382 g/mol. The van der Waals surface area contributed by atoms with E-state index in [0.717, 1.165) is 16.8 Å². The van der Waals surface area contributed by atoms with Crippen LogP contribution in [0.4, 0.5) is 13.2 Å². The van der Waals surface area contributed by atoms with Crippen molar-refractivity contribution in [1.29, 1.82) is 0 Å². The number of hydrogen-bond donors (Lipinski definition) is 1. The largest absolute Gasteiger partial charge is 0.480 e. The number of halogens is 3. The van der Waals surface area contributed by atoms with Gasteiger partial charge in [-0.2, -0.15) is 13.2 Å². The molecule has 1 amide bonds. The van der Waals surface area contributed by atoms with Crippen LogP contribution >= 0.6 is 0 Å². The molecule has 2 unspecified atom stereocenters. The number of carbonyl (C=O) groups excluding carboxylic acids is 1. The summed E-state index contributed by atoms with van der Waals surface area (Å²) in [4.78, 5) is 25.3. The van der Waals surface area contributed by atoms with E-state index in [1.165, 1.54) is 23.2 Å². The summed E-state index contributed by atoms with van der Waals surface area (Å²) in [6.07, 6.45) is -2.30. The van der Waals surface area contributed by atoms with Gasteiger partial charge in [-0.3, -0.25) is 4.79 Å². The van der Waals surface area contributed by atoms with E-state index < -0.39 is 29.7 Å². The first-order valence-corrected chi connectivity index (χ1v) is 8.30. The van der Waals surface area contributed by atoms with Crippen LogP contribution < -0.4 is 0 Å². The molecule has 2 heterocycles. The van der Waals surface area contributed by atoms with Gasteiger partial charge in [0.15, 0.2) is 5.69 Å². The second-order valence-corrected chi connectivity index (χ2v) is 6.58. The van der Waals surface area contributed by atoms with Crippen molar-refractivity contribution in [2.45, 2.75) is 32.0 Å². The minimum atomic E-state index is -4.51. The highest BCUT2D eigenvalue weighted by atomic mass is 19.4. The zero-order valence-corrected chi connectivity index (χ0v) is 14.3. The van der Waals surface area contributed by atoms with Crippen LogP contribution in [0.25, 0.3) is 5.69 Å². The van der Waals surface area contributed by atoms with Crippen LogP contribution in [0.1, 0.15) is 35.8 Å². The van der Waals surface area contributed by atoms with Crippen LogP contribution in [0.15, 0.2) is 30.5 Å². The molecule has 1 saturated heterocycles. The average molecular weight is 382 g/mol. The number of likely N-dealkylation sites (tertiary alicyclic amines) is 1. The van der Waals surface area contributed by atoms with Crippen molar-refractivity contribution >= 4 is 11.9 Å². The molecule has 0 aliphatic carbocycles. The second-order valence-electron chi connectivity index (χ2n) is 6.58. The van der Waals surface area contributed by atoms with Crippen molar-refractivity contribution < 1.29 is 27.9 Å². The Morgan fingerprint density at radius 1 is 1.30 bits per heavy atom. The maximum Gasteiger partial charge on any atom is 0.416 e. The zero-order chi connectivity index (χ0) is 19.8. The highest BCUT2D eigenvalue weighted by molar-refractivity contribution is 5.94. The summed E-state index contributed by atoms with van der Waals surface area (Å²) < 4.78 is 39.6. The Labute approximate surface area is 152 Å². The number of amides is 1. The highest BCUT2D eigenvalue weighted by Gasteiger charge is 2.36. The number of carboxylic acid groups (broad SMARTS) is 1. The molecule has 0 bridgehead atoms. The number of alkyl halides is 3. The van der Waals surface area contributed by atoms with Crippen molar-refractivity contribution in [3.8, 4) is 5.69 Å². The minimum absolute atomic E-state index is 0.0958. The van der Waals surface area contributed by atoms with Crippen LogP contribution in [-0.4, -0.2) is 49.5 Å². The number of rotatable bonds is 3. The van der Waals surface area contributed by atoms with Crippen LogP contribution in [-0.2, 0) is 11.0 Å². The SMILES string of the molecule is CC1CCN(C(=O)c2cn(-c3cccc(C(F)(F)F)c3)nn2)C(C(=O)O)C1. The van der Waals surface area contributed by atoms with Gasteiger partial charge in [-0.25, -0.2) is 9.48 Å². The third kappa shape index (κ3) is 3.93. The van der Waals surface area contributed by atoms with E-state index in [2.05, 4.69) is 10.3 Å². The number of hydrogen-bond acceptors (Lipinski definition) is 4. The molecule has 0 radical (unpaired) electrons. The smallest absolute Gasteiger partial charge is 0.416 e. The lowest BCUT2D eigenvalue weighted by atomic mass is 9.92. The van der Waals surface area contributed by atoms with Gasteiger partial charge in [-0.05, 0) is 37.0 Å². The molecule has 1 aliphatic heterocycles. The predicted octanol–water partition coefficient (Wildman–Crippen LogP) is 2.61. The number of benzene rings is 1. The molecule has 0 saturated carbocycles. The van der Waals surface area contributed by atoms with Gasteiger partial charge in [0.1, 0.15) is 6.04 Å². The first-order chi connectivity index (χ1) is 12.7.